The molecule has 9 heteroatoms. The lowest BCUT2D eigenvalue weighted by Crippen LogP contribution is -2.51. The van der Waals surface area contributed by atoms with E-state index in [0.29, 0.717) is 23.3 Å². The van der Waals surface area contributed by atoms with Gasteiger partial charge >= 0.3 is 0 Å². The first-order valence-electron chi connectivity index (χ1n) is 11.8. The molecule has 31 heavy (non-hydrogen) atoms. The number of likely N-dealkylation sites (N-methyl/N-ethyl adjacent to an activating group) is 1. The number of carbonyl (C=O) groups excluding carboxylic acids is 1. The van der Waals surface area contributed by atoms with Crippen LogP contribution < -0.4 is 26.9 Å². The Morgan fingerprint density at radius 3 is 2.39 bits per heavy atom. The van der Waals surface area contributed by atoms with Crippen LogP contribution in [0.1, 0.15) is 73.1 Å². The lowest BCUT2D eigenvalue weighted by atomic mass is 9.83. The molecule has 2 aliphatic heterocycles. The van der Waals surface area contributed by atoms with Gasteiger partial charge in [-0.1, -0.05) is 20.8 Å². The topological polar surface area (TPSA) is 92.8 Å². The van der Waals surface area contributed by atoms with Gasteiger partial charge in [-0.15, -0.1) is 11.6 Å². The quantitative estimate of drug-likeness (QED) is 0.253. The molecule has 0 aromatic rings. The molecule has 0 aromatic heterocycles. The smallest absolute Gasteiger partial charge is 0.245 e. The monoisotopic (exact) mass is 455 g/mol. The number of nitrogens with one attached hydrogen (secondary N) is 5. The molecule has 1 aliphatic carbocycles. The van der Waals surface area contributed by atoms with E-state index >= 15 is 0 Å². The van der Waals surface area contributed by atoms with Crippen LogP contribution in [0.4, 0.5) is 0 Å². The van der Waals surface area contributed by atoms with Crippen LogP contribution in [0.5, 0.6) is 0 Å². The Morgan fingerprint density at radius 1 is 1.13 bits per heavy atom. The number of aliphatic imine (C=N–C) groups is 1. The third-order valence-corrected chi connectivity index (χ3v) is 7.21. The zero-order valence-corrected chi connectivity index (χ0v) is 20.7. The minimum absolute atomic E-state index is 0.0309. The van der Waals surface area contributed by atoms with Crippen molar-refractivity contribution >= 4 is 23.5 Å². The lowest BCUT2D eigenvalue weighted by molar-refractivity contribution is -0.124. The molecule has 3 fully saturated rings. The Balaban J connectivity index is 1.60. The third kappa shape index (κ3) is 6.78. The van der Waals surface area contributed by atoms with Gasteiger partial charge in [0.15, 0.2) is 5.96 Å². The number of alkyl halides is 1. The van der Waals surface area contributed by atoms with Crippen molar-refractivity contribution in [2.75, 3.05) is 7.05 Å². The molecule has 2 saturated heterocycles. The van der Waals surface area contributed by atoms with Gasteiger partial charge in [0.25, 0.3) is 0 Å². The van der Waals surface area contributed by atoms with Crippen molar-refractivity contribution in [1.29, 1.82) is 0 Å². The van der Waals surface area contributed by atoms with Crippen LogP contribution in [0, 0.1) is 11.3 Å². The van der Waals surface area contributed by atoms with Crippen molar-refractivity contribution in [3.05, 3.63) is 0 Å². The van der Waals surface area contributed by atoms with Gasteiger partial charge in [-0.3, -0.25) is 21.0 Å². The second-order valence-electron chi connectivity index (χ2n) is 10.8. The third-order valence-electron chi connectivity index (χ3n) is 6.77. The van der Waals surface area contributed by atoms with Crippen molar-refractivity contribution in [2.24, 2.45) is 16.3 Å². The molecule has 178 valence electrons. The minimum atomic E-state index is -0.225. The molecule has 5 N–H and O–H groups in total. The van der Waals surface area contributed by atoms with E-state index in [2.05, 4.69) is 47.7 Å². The van der Waals surface area contributed by atoms with Gasteiger partial charge in [0.2, 0.25) is 5.91 Å². The fourth-order valence-electron chi connectivity index (χ4n) is 4.77. The number of halogens is 1. The lowest BCUT2D eigenvalue weighted by Gasteiger charge is -2.29. The molecule has 3 rings (SSSR count). The van der Waals surface area contributed by atoms with Gasteiger partial charge in [-0.2, -0.15) is 0 Å². The van der Waals surface area contributed by atoms with Crippen molar-refractivity contribution in [3.63, 3.8) is 0 Å². The summed E-state index contributed by atoms with van der Waals surface area (Å²) in [6.45, 7) is 10.7. The maximum atomic E-state index is 13.1. The van der Waals surface area contributed by atoms with Crippen molar-refractivity contribution in [3.8, 4) is 0 Å². The molecule has 0 aromatic carbocycles. The highest BCUT2D eigenvalue weighted by molar-refractivity contribution is 6.20. The van der Waals surface area contributed by atoms with Gasteiger partial charge in [-0.05, 0) is 57.3 Å². The molecule has 4 unspecified atom stereocenters. The molecule has 1 amide bonds. The molecule has 0 spiro atoms. The Labute approximate surface area is 192 Å². The molecule has 0 bridgehead atoms. The van der Waals surface area contributed by atoms with Crippen LogP contribution in [0.25, 0.3) is 0 Å². The average molecular weight is 456 g/mol. The zero-order valence-electron chi connectivity index (χ0n) is 20.0. The fraction of sp³-hybridized carbons (Fsp3) is 0.909. The van der Waals surface area contributed by atoms with Gasteiger partial charge in [-0.25, -0.2) is 15.4 Å². The summed E-state index contributed by atoms with van der Waals surface area (Å²) in [4.78, 5) is 17.9. The fourth-order valence-corrected chi connectivity index (χ4v) is 5.02. The van der Waals surface area contributed by atoms with E-state index < -0.39 is 0 Å². The Hall–Kier alpha value is -0.930. The summed E-state index contributed by atoms with van der Waals surface area (Å²) in [6.07, 6.45) is 6.12. The van der Waals surface area contributed by atoms with Gasteiger partial charge in [0.05, 0.1) is 0 Å². The molecule has 0 radical (unpaired) electrons. The van der Waals surface area contributed by atoms with E-state index in [-0.39, 0.29) is 35.6 Å². The van der Waals surface area contributed by atoms with Crippen LogP contribution in [-0.2, 0) is 4.79 Å². The van der Waals surface area contributed by atoms with E-state index in [0.717, 1.165) is 38.5 Å². The highest BCUT2D eigenvalue weighted by Crippen LogP contribution is 2.32. The Morgan fingerprint density at radius 2 is 1.81 bits per heavy atom. The summed E-state index contributed by atoms with van der Waals surface area (Å²) in [7, 11) is 1.94. The highest BCUT2D eigenvalue weighted by Gasteiger charge is 2.40. The van der Waals surface area contributed by atoms with Crippen molar-refractivity contribution in [1.82, 2.24) is 31.9 Å². The van der Waals surface area contributed by atoms with Gasteiger partial charge < -0.3 is 5.32 Å². The number of amides is 1. The van der Waals surface area contributed by atoms with E-state index in [4.69, 9.17) is 16.6 Å². The van der Waals surface area contributed by atoms with E-state index in [1.165, 1.54) is 0 Å². The summed E-state index contributed by atoms with van der Waals surface area (Å²) in [5.41, 5.74) is 10.3. The Kier molecular flexibility index (Phi) is 8.24. The molecule has 3 aliphatic rings. The molecule has 2 heterocycles. The van der Waals surface area contributed by atoms with Crippen molar-refractivity contribution < 1.29 is 4.79 Å². The van der Waals surface area contributed by atoms with Crippen molar-refractivity contribution in [2.45, 2.75) is 109 Å². The summed E-state index contributed by atoms with van der Waals surface area (Å²) in [5.74, 6) is 1.14. The molecular formula is C22H42ClN7O. The van der Waals surface area contributed by atoms with Crippen LogP contribution in [0.15, 0.2) is 4.99 Å². The molecule has 4 atom stereocenters. The second-order valence-corrected chi connectivity index (χ2v) is 11.5. The number of guanidine groups is 1. The second kappa shape index (κ2) is 10.3. The first-order chi connectivity index (χ1) is 14.5. The number of hydrazine groups is 2. The first kappa shape index (κ1) is 24.7. The normalized spacial score (nSPS) is 35.5. The number of hydrogen-bond donors (Lipinski definition) is 5. The zero-order chi connectivity index (χ0) is 22.8. The van der Waals surface area contributed by atoms with Gasteiger partial charge in [0.1, 0.15) is 12.2 Å². The van der Waals surface area contributed by atoms with Crippen LogP contribution in [0.2, 0.25) is 0 Å². The number of rotatable bonds is 4. The van der Waals surface area contributed by atoms with Crippen LogP contribution in [-0.4, -0.2) is 59.6 Å². The van der Waals surface area contributed by atoms with Gasteiger partial charge in [0, 0.05) is 37.0 Å². The largest absolute Gasteiger partial charge is 0.354 e. The summed E-state index contributed by atoms with van der Waals surface area (Å²) >= 11 is 6.27. The molecule has 1 saturated carbocycles. The van der Waals surface area contributed by atoms with E-state index in [9.17, 15) is 4.79 Å². The standard InChI is InChI=1S/C22H42ClN7O/c1-13(2)24-21(26-20(31)17-12-18(22(3,4)5)29-30(17)6)25-19-11-16(27-28-19)14-7-9-15(23)10-8-14/h13-19,27-29H,7-12H2,1-6H3,(H2,24,25,26,31). The molecule has 8 nitrogen and oxygen atoms in total. The van der Waals surface area contributed by atoms with Crippen LogP contribution in [0.3, 0.4) is 0 Å². The predicted octanol–water partition coefficient (Wildman–Crippen LogP) is 2.07. The predicted molar refractivity (Wildman–Crippen MR) is 126 cm³/mol. The number of hydrogen-bond acceptors (Lipinski definition) is 6. The van der Waals surface area contributed by atoms with E-state index in [1.54, 1.807) is 0 Å². The Bertz CT molecular complexity index is 642. The SMILES string of the molecule is CC(C)N/C(=N\C1CC(C2CCC(Cl)CC2)NN1)NC(=O)C1CC(C(C)(C)C)NN1C. The highest BCUT2D eigenvalue weighted by atomic mass is 35.5. The number of carbonyl (C=O) groups is 1. The van der Waals surface area contributed by atoms with Crippen LogP contribution >= 0.6 is 11.6 Å². The molecular weight excluding hydrogens is 414 g/mol. The average Bonchev–Trinajstić information content (AvgIpc) is 3.28. The number of nitrogens with zero attached hydrogens (tertiary/aromatic N) is 2. The minimum Gasteiger partial charge on any atom is -0.354 e. The maximum Gasteiger partial charge on any atom is 0.245 e. The first-order valence-corrected chi connectivity index (χ1v) is 12.3. The van der Waals surface area contributed by atoms with E-state index in [1.807, 2.05) is 25.9 Å². The summed E-state index contributed by atoms with van der Waals surface area (Å²) in [5, 5.41) is 8.62. The summed E-state index contributed by atoms with van der Waals surface area (Å²) < 4.78 is 0. The summed E-state index contributed by atoms with van der Waals surface area (Å²) in [6, 6.07) is 0.601. The maximum absolute atomic E-state index is 13.1.